The summed E-state index contributed by atoms with van der Waals surface area (Å²) in [4.78, 5) is 30.0. The number of amides is 2. The normalized spacial score (nSPS) is 20.6. The highest BCUT2D eigenvalue weighted by molar-refractivity contribution is 5.75. The van der Waals surface area contributed by atoms with E-state index in [1.807, 2.05) is 23.1 Å². The lowest BCUT2D eigenvalue weighted by molar-refractivity contribution is -0.129. The van der Waals surface area contributed by atoms with Crippen LogP contribution in [0.15, 0.2) is 30.3 Å². The molecule has 0 aliphatic carbocycles. The van der Waals surface area contributed by atoms with Crippen LogP contribution in [-0.2, 0) is 9.53 Å². The third kappa shape index (κ3) is 4.80. The molecule has 1 spiro atoms. The Kier molecular flexibility index (Phi) is 6.05. The van der Waals surface area contributed by atoms with Crippen molar-refractivity contribution in [1.29, 1.82) is 0 Å². The SMILES string of the molecule is CC(CN1CC2(CCN(CCC(=O)N(C)C)CC2)OC1=O)c1ccccc1. The number of hydrogen-bond donors (Lipinski definition) is 0. The standard InChI is InChI=1S/C21H31N3O3/c1-17(18-7-5-4-6-8-18)15-24-16-21(27-20(24)26)10-13-23(14-11-21)12-9-19(25)22(2)3/h4-8,17H,9-16H2,1-3H3. The molecule has 1 aromatic carbocycles. The van der Waals surface area contributed by atoms with Crippen LogP contribution in [-0.4, -0.2) is 79.1 Å². The fourth-order valence-electron chi connectivity index (χ4n) is 3.97. The van der Waals surface area contributed by atoms with Crippen molar-refractivity contribution in [3.05, 3.63) is 35.9 Å². The minimum atomic E-state index is -0.352. The fourth-order valence-corrected chi connectivity index (χ4v) is 3.97. The summed E-state index contributed by atoms with van der Waals surface area (Å²) in [5, 5.41) is 0. The van der Waals surface area contributed by atoms with Gasteiger partial charge in [0, 0.05) is 59.5 Å². The molecule has 1 aromatic rings. The maximum Gasteiger partial charge on any atom is 0.410 e. The summed E-state index contributed by atoms with van der Waals surface area (Å²) in [5.74, 6) is 0.440. The molecule has 0 radical (unpaired) electrons. The van der Waals surface area contributed by atoms with Crippen molar-refractivity contribution in [3.8, 4) is 0 Å². The number of ether oxygens (including phenoxy) is 1. The number of hydrogen-bond acceptors (Lipinski definition) is 4. The van der Waals surface area contributed by atoms with E-state index in [0.29, 0.717) is 19.5 Å². The van der Waals surface area contributed by atoms with E-state index < -0.39 is 0 Å². The topological polar surface area (TPSA) is 53.1 Å². The van der Waals surface area contributed by atoms with Gasteiger partial charge < -0.3 is 19.4 Å². The monoisotopic (exact) mass is 373 g/mol. The number of benzene rings is 1. The lowest BCUT2D eigenvalue weighted by Crippen LogP contribution is -2.47. The number of carbonyl (C=O) groups excluding carboxylic acids is 2. The van der Waals surface area contributed by atoms with E-state index in [0.717, 1.165) is 32.5 Å². The van der Waals surface area contributed by atoms with E-state index in [-0.39, 0.29) is 23.5 Å². The van der Waals surface area contributed by atoms with Crippen molar-refractivity contribution in [3.63, 3.8) is 0 Å². The first-order chi connectivity index (χ1) is 12.9. The molecule has 0 bridgehead atoms. The fraction of sp³-hybridized carbons (Fsp3) is 0.619. The Labute approximate surface area is 162 Å². The highest BCUT2D eigenvalue weighted by Gasteiger charge is 2.47. The van der Waals surface area contributed by atoms with Gasteiger partial charge >= 0.3 is 6.09 Å². The number of rotatable bonds is 6. The van der Waals surface area contributed by atoms with Crippen molar-refractivity contribution in [2.24, 2.45) is 0 Å². The van der Waals surface area contributed by atoms with Crippen LogP contribution in [0.5, 0.6) is 0 Å². The second-order valence-electron chi connectivity index (χ2n) is 8.12. The van der Waals surface area contributed by atoms with Gasteiger partial charge in [-0.1, -0.05) is 37.3 Å². The van der Waals surface area contributed by atoms with Gasteiger partial charge in [-0.15, -0.1) is 0 Å². The molecule has 6 heteroatoms. The Balaban J connectivity index is 1.49. The van der Waals surface area contributed by atoms with Crippen molar-refractivity contribution >= 4 is 12.0 Å². The van der Waals surface area contributed by atoms with Gasteiger partial charge in [0.05, 0.1) is 6.54 Å². The number of likely N-dealkylation sites (tertiary alicyclic amines) is 1. The molecule has 2 aliphatic heterocycles. The predicted octanol–water partition coefficient (Wildman–Crippen LogP) is 2.56. The van der Waals surface area contributed by atoms with Crippen LogP contribution in [0.3, 0.4) is 0 Å². The predicted molar refractivity (Wildman–Crippen MR) is 105 cm³/mol. The third-order valence-electron chi connectivity index (χ3n) is 5.81. The minimum absolute atomic E-state index is 0.156. The highest BCUT2D eigenvalue weighted by Crippen LogP contribution is 2.34. The Morgan fingerprint density at radius 1 is 1.22 bits per heavy atom. The molecule has 0 saturated carbocycles. The molecule has 1 unspecified atom stereocenters. The smallest absolute Gasteiger partial charge is 0.410 e. The van der Waals surface area contributed by atoms with E-state index in [2.05, 4.69) is 24.0 Å². The number of carbonyl (C=O) groups is 2. The van der Waals surface area contributed by atoms with Gasteiger partial charge in [0.15, 0.2) is 0 Å². The second-order valence-corrected chi connectivity index (χ2v) is 8.12. The highest BCUT2D eigenvalue weighted by atomic mass is 16.6. The zero-order valence-corrected chi connectivity index (χ0v) is 16.7. The molecule has 27 heavy (non-hydrogen) atoms. The third-order valence-corrected chi connectivity index (χ3v) is 5.81. The first-order valence-corrected chi connectivity index (χ1v) is 9.84. The Morgan fingerprint density at radius 3 is 2.52 bits per heavy atom. The zero-order chi connectivity index (χ0) is 19.4. The Bertz CT molecular complexity index is 654. The maximum absolute atomic E-state index is 12.4. The number of piperidine rings is 1. The first kappa shape index (κ1) is 19.7. The summed E-state index contributed by atoms with van der Waals surface area (Å²) >= 11 is 0. The van der Waals surface area contributed by atoms with Crippen molar-refractivity contribution < 1.29 is 14.3 Å². The molecule has 2 heterocycles. The molecule has 6 nitrogen and oxygen atoms in total. The van der Waals surface area contributed by atoms with Crippen LogP contribution in [0.4, 0.5) is 4.79 Å². The van der Waals surface area contributed by atoms with Crippen LogP contribution in [0, 0.1) is 0 Å². The summed E-state index contributed by atoms with van der Waals surface area (Å²) in [6.07, 6.45) is 2.03. The maximum atomic E-state index is 12.4. The van der Waals surface area contributed by atoms with Crippen molar-refractivity contribution in [1.82, 2.24) is 14.7 Å². The summed E-state index contributed by atoms with van der Waals surface area (Å²) in [5.41, 5.74) is 0.891. The van der Waals surface area contributed by atoms with E-state index in [9.17, 15) is 9.59 Å². The van der Waals surface area contributed by atoms with Crippen LogP contribution < -0.4 is 0 Å². The van der Waals surface area contributed by atoms with Crippen molar-refractivity contribution in [2.45, 2.75) is 37.7 Å². The quantitative estimate of drug-likeness (QED) is 0.769. The van der Waals surface area contributed by atoms with Gasteiger partial charge in [0.1, 0.15) is 5.60 Å². The Morgan fingerprint density at radius 2 is 1.89 bits per heavy atom. The van der Waals surface area contributed by atoms with Gasteiger partial charge in [-0.05, 0) is 11.5 Å². The van der Waals surface area contributed by atoms with Gasteiger partial charge in [-0.2, -0.15) is 0 Å². The van der Waals surface area contributed by atoms with E-state index in [1.165, 1.54) is 5.56 Å². The van der Waals surface area contributed by atoms with Gasteiger partial charge in [0.25, 0.3) is 0 Å². The summed E-state index contributed by atoms with van der Waals surface area (Å²) < 4.78 is 5.84. The summed E-state index contributed by atoms with van der Waals surface area (Å²) in [6, 6.07) is 10.3. The van der Waals surface area contributed by atoms with Gasteiger partial charge in [-0.3, -0.25) is 4.79 Å². The van der Waals surface area contributed by atoms with Crippen LogP contribution >= 0.6 is 0 Å². The second kappa shape index (κ2) is 8.30. The Hall–Kier alpha value is -2.08. The molecule has 2 aliphatic rings. The molecule has 3 rings (SSSR count). The van der Waals surface area contributed by atoms with Crippen LogP contribution in [0.2, 0.25) is 0 Å². The molecule has 0 N–H and O–H groups in total. The van der Waals surface area contributed by atoms with Gasteiger partial charge in [-0.25, -0.2) is 4.79 Å². The average Bonchev–Trinajstić information content (AvgIpc) is 2.96. The molecule has 0 aromatic heterocycles. The molecular weight excluding hydrogens is 342 g/mol. The molecule has 2 amide bonds. The minimum Gasteiger partial charge on any atom is -0.441 e. The molecular formula is C21H31N3O3. The van der Waals surface area contributed by atoms with E-state index >= 15 is 0 Å². The van der Waals surface area contributed by atoms with Crippen LogP contribution in [0.25, 0.3) is 0 Å². The summed E-state index contributed by atoms with van der Waals surface area (Å²) in [7, 11) is 3.58. The molecule has 1 atom stereocenters. The number of nitrogens with zero attached hydrogens (tertiary/aromatic N) is 3. The molecule has 148 valence electrons. The zero-order valence-electron chi connectivity index (χ0n) is 16.7. The lowest BCUT2D eigenvalue weighted by Gasteiger charge is -2.37. The largest absolute Gasteiger partial charge is 0.441 e. The van der Waals surface area contributed by atoms with Gasteiger partial charge in [0.2, 0.25) is 5.91 Å². The van der Waals surface area contributed by atoms with Crippen LogP contribution in [0.1, 0.15) is 37.7 Å². The lowest BCUT2D eigenvalue weighted by atomic mass is 9.91. The molecule has 2 saturated heterocycles. The van der Waals surface area contributed by atoms with E-state index in [4.69, 9.17) is 4.74 Å². The van der Waals surface area contributed by atoms with Crippen molar-refractivity contribution in [2.75, 3.05) is 46.8 Å². The first-order valence-electron chi connectivity index (χ1n) is 9.84. The average molecular weight is 373 g/mol. The summed E-state index contributed by atoms with van der Waals surface area (Å²) in [6.45, 7) is 6.03. The molecule has 2 fully saturated rings. The van der Waals surface area contributed by atoms with E-state index in [1.54, 1.807) is 19.0 Å².